The monoisotopic (exact) mass is 335 g/mol. The van der Waals surface area contributed by atoms with Crippen molar-refractivity contribution >= 4 is 22.7 Å². The van der Waals surface area contributed by atoms with Crippen molar-refractivity contribution in [3.63, 3.8) is 0 Å². The molecule has 118 valence electrons. The van der Waals surface area contributed by atoms with Crippen LogP contribution >= 0.6 is 11.3 Å². The number of alkyl halides is 5. The molecule has 2 aromatic rings. The minimum Gasteiger partial charge on any atom is -0.253 e. The number of rotatable bonds is 4. The summed E-state index contributed by atoms with van der Waals surface area (Å²) in [6.07, 6.45) is -4.49. The van der Waals surface area contributed by atoms with Crippen molar-refractivity contribution < 1.29 is 22.0 Å². The second-order valence-electron chi connectivity index (χ2n) is 4.36. The highest BCUT2D eigenvalue weighted by atomic mass is 32.1. The van der Waals surface area contributed by atoms with E-state index >= 15 is 0 Å². The molecule has 0 spiro atoms. The lowest BCUT2D eigenvalue weighted by Crippen LogP contribution is -2.33. The third kappa shape index (κ3) is 3.59. The highest BCUT2D eigenvalue weighted by Crippen LogP contribution is 2.43. The molecule has 1 aromatic carbocycles. The van der Waals surface area contributed by atoms with Gasteiger partial charge >= 0.3 is 12.1 Å². The van der Waals surface area contributed by atoms with Crippen LogP contribution in [0.5, 0.6) is 0 Å². The Morgan fingerprint density at radius 1 is 1.23 bits per heavy atom. The van der Waals surface area contributed by atoms with Crippen LogP contribution in [0.1, 0.15) is 16.8 Å². The molecule has 0 saturated carbocycles. The van der Waals surface area contributed by atoms with Crippen LogP contribution in [0.15, 0.2) is 34.7 Å². The van der Waals surface area contributed by atoms with Gasteiger partial charge in [0, 0.05) is 10.9 Å². The van der Waals surface area contributed by atoms with Crippen LogP contribution in [0.2, 0.25) is 0 Å². The molecule has 1 aromatic heterocycles. The van der Waals surface area contributed by atoms with Crippen molar-refractivity contribution in [2.24, 2.45) is 5.10 Å². The van der Waals surface area contributed by atoms with E-state index in [1.54, 1.807) is 12.3 Å². The van der Waals surface area contributed by atoms with E-state index in [1.165, 1.54) is 17.4 Å². The summed E-state index contributed by atoms with van der Waals surface area (Å²) in [4.78, 5) is 4.06. The summed E-state index contributed by atoms with van der Waals surface area (Å²) in [7, 11) is 0. The van der Waals surface area contributed by atoms with E-state index in [0.29, 0.717) is 5.13 Å². The van der Waals surface area contributed by atoms with Gasteiger partial charge < -0.3 is 0 Å². The van der Waals surface area contributed by atoms with E-state index in [9.17, 15) is 22.0 Å². The fourth-order valence-corrected chi connectivity index (χ4v) is 2.18. The Morgan fingerprint density at radius 3 is 2.55 bits per heavy atom. The molecule has 0 bridgehead atoms. The van der Waals surface area contributed by atoms with Gasteiger partial charge in [0.2, 0.25) is 5.13 Å². The Bertz CT molecular complexity index is 678. The maximum Gasteiger partial charge on any atom is 0.458 e. The number of halogens is 5. The topological polar surface area (TPSA) is 37.3 Å². The van der Waals surface area contributed by atoms with Gasteiger partial charge in [-0.05, 0) is 18.6 Å². The molecular weight excluding hydrogens is 325 g/mol. The highest BCUT2D eigenvalue weighted by Gasteiger charge is 2.58. The van der Waals surface area contributed by atoms with Gasteiger partial charge in [0.25, 0.3) is 0 Å². The average Bonchev–Trinajstić information content (AvgIpc) is 2.83. The molecule has 0 aliphatic heterocycles. The van der Waals surface area contributed by atoms with Crippen LogP contribution in [0.4, 0.5) is 27.1 Å². The van der Waals surface area contributed by atoms with E-state index < -0.39 is 17.7 Å². The van der Waals surface area contributed by atoms with E-state index in [-0.39, 0.29) is 5.56 Å². The molecule has 0 aliphatic rings. The molecule has 2 rings (SSSR count). The summed E-state index contributed by atoms with van der Waals surface area (Å²) in [6.45, 7) is 1.79. The van der Waals surface area contributed by atoms with Gasteiger partial charge in [0.05, 0.1) is 11.9 Å². The zero-order chi connectivity index (χ0) is 16.4. The molecule has 0 radical (unpaired) electrons. The van der Waals surface area contributed by atoms with Crippen molar-refractivity contribution in [2.45, 2.75) is 19.0 Å². The van der Waals surface area contributed by atoms with E-state index in [4.69, 9.17) is 0 Å². The molecule has 0 saturated heterocycles. The van der Waals surface area contributed by atoms with Crippen LogP contribution in [0.3, 0.4) is 0 Å². The zero-order valence-corrected chi connectivity index (χ0v) is 12.0. The van der Waals surface area contributed by atoms with Crippen LogP contribution in [-0.2, 0) is 5.92 Å². The average molecular weight is 335 g/mol. The second kappa shape index (κ2) is 5.99. The van der Waals surface area contributed by atoms with Gasteiger partial charge in [-0.3, -0.25) is 5.43 Å². The van der Waals surface area contributed by atoms with Crippen molar-refractivity contribution in [1.29, 1.82) is 0 Å². The molecule has 22 heavy (non-hydrogen) atoms. The number of thiazole rings is 1. The molecule has 1 heterocycles. The Hall–Kier alpha value is -2.03. The third-order valence-electron chi connectivity index (χ3n) is 2.60. The molecule has 0 aliphatic carbocycles. The lowest BCUT2D eigenvalue weighted by molar-refractivity contribution is -0.289. The lowest BCUT2D eigenvalue weighted by Gasteiger charge is -2.19. The molecule has 1 N–H and O–H groups in total. The highest BCUT2D eigenvalue weighted by molar-refractivity contribution is 7.13. The van der Waals surface area contributed by atoms with Crippen molar-refractivity contribution in [1.82, 2.24) is 4.98 Å². The minimum absolute atomic E-state index is 0.113. The fourth-order valence-electron chi connectivity index (χ4n) is 1.55. The maximum atomic E-state index is 13.2. The van der Waals surface area contributed by atoms with Crippen molar-refractivity contribution in [3.8, 4) is 0 Å². The van der Waals surface area contributed by atoms with Gasteiger partial charge in [-0.1, -0.05) is 18.2 Å². The summed E-state index contributed by atoms with van der Waals surface area (Å²) in [5, 5.41) is 6.03. The number of anilines is 1. The van der Waals surface area contributed by atoms with Gasteiger partial charge in [-0.15, -0.1) is 11.3 Å². The minimum atomic E-state index is -5.64. The summed E-state index contributed by atoms with van der Waals surface area (Å²) in [5.41, 5.74) is 2.34. The van der Waals surface area contributed by atoms with E-state index in [0.717, 1.165) is 30.1 Å². The number of aryl methyl sites for hydroxylation is 1. The number of hydrogen-bond donors (Lipinski definition) is 1. The molecule has 0 unspecified atom stereocenters. The first kappa shape index (κ1) is 16.3. The normalized spacial score (nSPS) is 12.8. The number of benzene rings is 1. The van der Waals surface area contributed by atoms with Crippen molar-refractivity contribution in [3.05, 3.63) is 46.5 Å². The van der Waals surface area contributed by atoms with Crippen LogP contribution < -0.4 is 5.43 Å². The fraction of sp³-hybridized carbons (Fsp3) is 0.231. The van der Waals surface area contributed by atoms with Crippen LogP contribution in [-0.4, -0.2) is 17.4 Å². The molecule has 0 amide bonds. The summed E-state index contributed by atoms with van der Waals surface area (Å²) in [5.74, 6) is -4.91. The lowest BCUT2D eigenvalue weighted by atomic mass is 10.1. The van der Waals surface area contributed by atoms with Crippen molar-refractivity contribution in [2.75, 3.05) is 5.43 Å². The quantitative estimate of drug-likeness (QED) is 0.505. The molecule has 9 heteroatoms. The Kier molecular flexibility index (Phi) is 4.45. The standard InChI is InChI=1S/C13H10F5N3S/c1-8-7-22-11(20-8)21-19-6-9-3-2-4-10(5-9)12(14,15)13(16,17)18/h2-7H,1H3,(H,20,21). The first-order valence-corrected chi connectivity index (χ1v) is 6.84. The number of hydrogen-bond acceptors (Lipinski definition) is 4. The first-order valence-electron chi connectivity index (χ1n) is 5.96. The Morgan fingerprint density at radius 2 is 1.95 bits per heavy atom. The largest absolute Gasteiger partial charge is 0.458 e. The predicted molar refractivity (Wildman–Crippen MR) is 74.5 cm³/mol. The van der Waals surface area contributed by atoms with Gasteiger partial charge in [0.1, 0.15) is 0 Å². The van der Waals surface area contributed by atoms with Crippen LogP contribution in [0.25, 0.3) is 0 Å². The predicted octanol–water partition coefficient (Wildman–Crippen LogP) is 4.55. The van der Waals surface area contributed by atoms with E-state index in [1.807, 2.05) is 0 Å². The third-order valence-corrected chi connectivity index (χ3v) is 3.46. The molecule has 3 nitrogen and oxygen atoms in total. The van der Waals surface area contributed by atoms with Gasteiger partial charge in [-0.2, -0.15) is 27.1 Å². The second-order valence-corrected chi connectivity index (χ2v) is 5.22. The summed E-state index contributed by atoms with van der Waals surface area (Å²) < 4.78 is 63.4. The Balaban J connectivity index is 2.15. The van der Waals surface area contributed by atoms with Gasteiger partial charge in [0.15, 0.2) is 0 Å². The Labute approximate surface area is 126 Å². The SMILES string of the molecule is Cc1csc(NN=Cc2cccc(C(F)(F)C(F)(F)F)c2)n1. The molecule has 0 fully saturated rings. The van der Waals surface area contributed by atoms with Crippen LogP contribution in [0, 0.1) is 6.92 Å². The zero-order valence-electron chi connectivity index (χ0n) is 11.2. The molecule has 0 atom stereocenters. The number of nitrogens with zero attached hydrogens (tertiary/aromatic N) is 2. The van der Waals surface area contributed by atoms with E-state index in [2.05, 4.69) is 15.5 Å². The molecular formula is C13H10F5N3S. The van der Waals surface area contributed by atoms with Gasteiger partial charge in [-0.25, -0.2) is 4.98 Å². The number of hydrazone groups is 1. The number of nitrogens with one attached hydrogen (secondary N) is 1. The summed E-state index contributed by atoms with van der Waals surface area (Å²) in [6, 6.07) is 3.95. The number of aromatic nitrogens is 1. The first-order chi connectivity index (χ1) is 10.2. The summed E-state index contributed by atoms with van der Waals surface area (Å²) >= 11 is 1.29. The smallest absolute Gasteiger partial charge is 0.253 e. The maximum absolute atomic E-state index is 13.2.